The van der Waals surface area contributed by atoms with Gasteiger partial charge in [0, 0.05) is 6.20 Å². The predicted octanol–water partition coefficient (Wildman–Crippen LogP) is 3.87. The van der Waals surface area contributed by atoms with Crippen molar-refractivity contribution in [2.45, 2.75) is 26.2 Å². The Morgan fingerprint density at radius 2 is 1.84 bits per heavy atom. The number of nitrogens with zero attached hydrogens (tertiary/aromatic N) is 4. The molecule has 0 radical (unpaired) electrons. The van der Waals surface area contributed by atoms with Crippen molar-refractivity contribution >= 4 is 11.2 Å². The molecule has 4 nitrogen and oxygen atoms in total. The molecule has 3 rings (SSSR count). The van der Waals surface area contributed by atoms with E-state index in [2.05, 4.69) is 9.97 Å². The predicted molar refractivity (Wildman–Crippen MR) is 90.2 cm³/mol. The molecule has 0 amide bonds. The molecule has 0 aliphatic carbocycles. The van der Waals surface area contributed by atoms with Gasteiger partial charge in [-0.15, -0.1) is 0 Å². The van der Waals surface area contributed by atoms with Crippen LogP contribution in [0.25, 0.3) is 11.2 Å². The number of halogens is 3. The highest BCUT2D eigenvalue weighted by Crippen LogP contribution is 2.33. The summed E-state index contributed by atoms with van der Waals surface area (Å²) in [4.78, 5) is 10.7. The van der Waals surface area contributed by atoms with Gasteiger partial charge in [0.2, 0.25) is 0 Å². The van der Waals surface area contributed by atoms with Gasteiger partial charge >= 0.3 is 6.18 Å². The Kier molecular flexibility index (Phi) is 4.51. The van der Waals surface area contributed by atoms with Crippen molar-refractivity contribution in [1.29, 1.82) is 0 Å². The summed E-state index contributed by atoms with van der Waals surface area (Å²) in [6.45, 7) is 2.53. The van der Waals surface area contributed by atoms with E-state index >= 15 is 0 Å². The Morgan fingerprint density at radius 1 is 1.12 bits per heavy atom. The van der Waals surface area contributed by atoms with E-state index in [9.17, 15) is 13.2 Å². The zero-order valence-electron chi connectivity index (χ0n) is 14.3. The lowest BCUT2D eigenvalue weighted by atomic mass is 10.1. The number of imidazole rings is 1. The molecular formula is C18H19F3N4. The Bertz CT molecular complexity index is 897. The first-order valence-electron chi connectivity index (χ1n) is 7.88. The maximum atomic E-state index is 13.3. The van der Waals surface area contributed by atoms with Crippen molar-refractivity contribution in [3.05, 3.63) is 59.0 Å². The summed E-state index contributed by atoms with van der Waals surface area (Å²) in [5.41, 5.74) is 1.87. The van der Waals surface area contributed by atoms with Crippen LogP contribution in [0, 0.1) is 6.92 Å². The van der Waals surface area contributed by atoms with E-state index in [4.69, 9.17) is 0 Å². The molecule has 0 N–H and O–H groups in total. The molecule has 0 saturated heterocycles. The summed E-state index contributed by atoms with van der Waals surface area (Å²) in [7, 11) is 3.79. The molecule has 0 aliphatic rings. The highest BCUT2D eigenvalue weighted by molar-refractivity contribution is 5.75. The minimum atomic E-state index is -4.39. The van der Waals surface area contributed by atoms with Gasteiger partial charge in [-0.3, -0.25) is 0 Å². The third-order valence-electron chi connectivity index (χ3n) is 4.03. The fourth-order valence-electron chi connectivity index (χ4n) is 2.94. The van der Waals surface area contributed by atoms with E-state index in [0.717, 1.165) is 17.1 Å². The topological polar surface area (TPSA) is 34.0 Å². The highest BCUT2D eigenvalue weighted by atomic mass is 19.4. The van der Waals surface area contributed by atoms with Crippen LogP contribution in [-0.4, -0.2) is 33.5 Å². The van der Waals surface area contributed by atoms with Gasteiger partial charge in [0.1, 0.15) is 5.82 Å². The Labute approximate surface area is 143 Å². The molecule has 1 aromatic carbocycles. The Morgan fingerprint density at radius 3 is 2.52 bits per heavy atom. The smallest absolute Gasteiger partial charge is 0.321 e. The van der Waals surface area contributed by atoms with Crippen LogP contribution in [0.5, 0.6) is 0 Å². The van der Waals surface area contributed by atoms with Crippen LogP contribution < -0.4 is 0 Å². The third-order valence-corrected chi connectivity index (χ3v) is 4.03. The first-order valence-corrected chi connectivity index (χ1v) is 7.88. The second kappa shape index (κ2) is 6.48. The van der Waals surface area contributed by atoms with Crippen LogP contribution in [0.2, 0.25) is 0 Å². The molecule has 0 saturated carbocycles. The fourth-order valence-corrected chi connectivity index (χ4v) is 2.94. The lowest BCUT2D eigenvalue weighted by Crippen LogP contribution is -2.17. The zero-order valence-corrected chi connectivity index (χ0v) is 14.3. The summed E-state index contributed by atoms with van der Waals surface area (Å²) in [5.74, 6) is 0.693. The van der Waals surface area contributed by atoms with E-state index in [1.165, 1.54) is 12.1 Å². The minimum absolute atomic E-state index is 0.0991. The molecule has 0 spiro atoms. The molecule has 0 aliphatic heterocycles. The first kappa shape index (κ1) is 17.4. The number of rotatable bonds is 4. The molecule has 2 aromatic heterocycles. The number of hydrogen-bond donors (Lipinski definition) is 0. The lowest BCUT2D eigenvalue weighted by molar-refractivity contribution is -0.138. The van der Waals surface area contributed by atoms with E-state index in [0.29, 0.717) is 18.0 Å². The molecular weight excluding hydrogens is 329 g/mol. The SMILES string of the molecule is Cc1ccnc2nc(CN(C)C)n(Cc3ccccc3C(F)(F)F)c12. The summed E-state index contributed by atoms with van der Waals surface area (Å²) < 4.78 is 41.8. The maximum Gasteiger partial charge on any atom is 0.416 e. The zero-order chi connectivity index (χ0) is 18.2. The van der Waals surface area contributed by atoms with Gasteiger partial charge in [-0.1, -0.05) is 18.2 Å². The first-order chi connectivity index (χ1) is 11.8. The monoisotopic (exact) mass is 348 g/mol. The molecule has 25 heavy (non-hydrogen) atoms. The van der Waals surface area contributed by atoms with Crippen LogP contribution in [0.1, 0.15) is 22.5 Å². The van der Waals surface area contributed by atoms with Crippen molar-refractivity contribution < 1.29 is 13.2 Å². The Hall–Kier alpha value is -2.41. The average Bonchev–Trinajstić information content (AvgIpc) is 2.85. The number of aromatic nitrogens is 3. The second-order valence-electron chi connectivity index (χ2n) is 6.31. The number of hydrogen-bond acceptors (Lipinski definition) is 3. The van der Waals surface area contributed by atoms with Gasteiger partial charge in [-0.05, 0) is 44.3 Å². The molecule has 0 bridgehead atoms. The summed E-state index contributed by atoms with van der Waals surface area (Å²) >= 11 is 0. The fraction of sp³-hybridized carbons (Fsp3) is 0.333. The van der Waals surface area contributed by atoms with Crippen molar-refractivity contribution in [1.82, 2.24) is 19.4 Å². The van der Waals surface area contributed by atoms with E-state index in [-0.39, 0.29) is 12.1 Å². The van der Waals surface area contributed by atoms with Crippen LogP contribution >= 0.6 is 0 Å². The van der Waals surface area contributed by atoms with Crippen molar-refractivity contribution in [2.24, 2.45) is 0 Å². The second-order valence-corrected chi connectivity index (χ2v) is 6.31. The maximum absolute atomic E-state index is 13.3. The van der Waals surface area contributed by atoms with Gasteiger partial charge in [0.05, 0.1) is 24.2 Å². The number of pyridine rings is 1. The highest BCUT2D eigenvalue weighted by Gasteiger charge is 2.33. The van der Waals surface area contributed by atoms with Crippen LogP contribution in [0.15, 0.2) is 36.5 Å². The van der Waals surface area contributed by atoms with Crippen LogP contribution in [-0.2, 0) is 19.3 Å². The number of benzene rings is 1. The number of alkyl halides is 3. The molecule has 0 fully saturated rings. The molecule has 132 valence electrons. The van der Waals surface area contributed by atoms with Gasteiger partial charge in [-0.25, -0.2) is 9.97 Å². The van der Waals surface area contributed by atoms with Gasteiger partial charge in [0.15, 0.2) is 5.65 Å². The molecule has 0 unspecified atom stereocenters. The standard InChI is InChI=1S/C18H19F3N4/c1-12-8-9-22-17-16(12)25(15(23-17)11-24(2)3)10-13-6-4-5-7-14(13)18(19,20)21/h4-9H,10-11H2,1-3H3. The molecule has 0 atom stereocenters. The van der Waals surface area contributed by atoms with Crippen molar-refractivity contribution in [3.63, 3.8) is 0 Å². The summed E-state index contributed by atoms with van der Waals surface area (Å²) in [6.07, 6.45) is -2.72. The molecule has 2 heterocycles. The quantitative estimate of drug-likeness (QED) is 0.718. The average molecular weight is 348 g/mol. The van der Waals surface area contributed by atoms with E-state index < -0.39 is 11.7 Å². The van der Waals surface area contributed by atoms with Crippen molar-refractivity contribution in [2.75, 3.05) is 14.1 Å². The van der Waals surface area contributed by atoms with E-state index in [1.54, 1.807) is 12.3 Å². The van der Waals surface area contributed by atoms with Gasteiger partial charge in [-0.2, -0.15) is 13.2 Å². The molecule has 7 heteroatoms. The largest absolute Gasteiger partial charge is 0.416 e. The van der Waals surface area contributed by atoms with Gasteiger partial charge < -0.3 is 9.47 Å². The normalized spacial score (nSPS) is 12.3. The number of aryl methyl sites for hydroxylation is 1. The lowest BCUT2D eigenvalue weighted by Gasteiger charge is -2.17. The van der Waals surface area contributed by atoms with Crippen LogP contribution in [0.3, 0.4) is 0 Å². The number of fused-ring (bicyclic) bond motifs is 1. The van der Waals surface area contributed by atoms with Gasteiger partial charge in [0.25, 0.3) is 0 Å². The van der Waals surface area contributed by atoms with Crippen LogP contribution in [0.4, 0.5) is 13.2 Å². The van der Waals surface area contributed by atoms with Crippen molar-refractivity contribution in [3.8, 4) is 0 Å². The molecule has 3 aromatic rings. The van der Waals surface area contributed by atoms with E-state index in [1.807, 2.05) is 36.6 Å². The third kappa shape index (κ3) is 3.51. The minimum Gasteiger partial charge on any atom is -0.321 e. The Balaban J connectivity index is 2.16. The summed E-state index contributed by atoms with van der Waals surface area (Å²) in [5, 5.41) is 0. The summed E-state index contributed by atoms with van der Waals surface area (Å²) in [6, 6.07) is 7.51.